The van der Waals surface area contributed by atoms with Gasteiger partial charge < -0.3 is 14.9 Å². The average Bonchev–Trinajstić information content (AvgIpc) is 2.99. The summed E-state index contributed by atoms with van der Waals surface area (Å²) >= 11 is 0. The lowest BCUT2D eigenvalue weighted by Gasteiger charge is -2.27. The first-order valence-electron chi connectivity index (χ1n) is 8.34. The molecule has 0 radical (unpaired) electrons. The second kappa shape index (κ2) is 6.26. The zero-order valence-electron chi connectivity index (χ0n) is 13.8. The number of rotatable bonds is 3. The van der Waals surface area contributed by atoms with E-state index in [0.717, 1.165) is 25.1 Å². The number of amides is 2. The summed E-state index contributed by atoms with van der Waals surface area (Å²) in [5.41, 5.74) is 0.474. The Labute approximate surface area is 141 Å². The second-order valence-corrected chi connectivity index (χ2v) is 6.89. The van der Waals surface area contributed by atoms with Crippen molar-refractivity contribution < 1.29 is 19.5 Å². The average molecular weight is 330 g/mol. The Morgan fingerprint density at radius 2 is 1.83 bits per heavy atom. The molecule has 0 bridgehead atoms. The fraction of sp³-hybridized carbons (Fsp3) is 0.500. The van der Waals surface area contributed by atoms with Crippen LogP contribution in [0.1, 0.15) is 43.0 Å². The summed E-state index contributed by atoms with van der Waals surface area (Å²) < 4.78 is 0. The van der Waals surface area contributed by atoms with E-state index in [0.29, 0.717) is 24.9 Å². The van der Waals surface area contributed by atoms with E-state index in [2.05, 4.69) is 0 Å². The first-order valence-corrected chi connectivity index (χ1v) is 8.34. The van der Waals surface area contributed by atoms with Crippen molar-refractivity contribution in [2.45, 2.75) is 32.6 Å². The van der Waals surface area contributed by atoms with Gasteiger partial charge in [0.05, 0.1) is 5.41 Å². The third-order valence-corrected chi connectivity index (χ3v) is 5.03. The molecule has 0 aliphatic carbocycles. The van der Waals surface area contributed by atoms with E-state index in [1.807, 2.05) is 0 Å². The van der Waals surface area contributed by atoms with Crippen molar-refractivity contribution in [1.82, 2.24) is 4.90 Å². The fourth-order valence-corrected chi connectivity index (χ4v) is 3.35. The standard InChI is InChI=1S/C18H22N2O4/c1-18(17(23)24)9-11-19(12-18)16(22)13-5-7-14(8-6-13)20-10-3-2-4-15(20)21/h5-8H,2-4,9-12H2,1H3,(H,23,24). The minimum atomic E-state index is -0.865. The number of hydrogen-bond acceptors (Lipinski definition) is 3. The van der Waals surface area contributed by atoms with Gasteiger partial charge in [-0.05, 0) is 50.5 Å². The molecule has 1 unspecified atom stereocenters. The maximum Gasteiger partial charge on any atom is 0.311 e. The Morgan fingerprint density at radius 1 is 1.12 bits per heavy atom. The van der Waals surface area contributed by atoms with E-state index < -0.39 is 11.4 Å². The molecule has 6 heteroatoms. The number of piperidine rings is 1. The molecule has 128 valence electrons. The van der Waals surface area contributed by atoms with E-state index >= 15 is 0 Å². The summed E-state index contributed by atoms with van der Waals surface area (Å²) in [5, 5.41) is 9.27. The number of likely N-dealkylation sites (tertiary alicyclic amines) is 1. The third-order valence-electron chi connectivity index (χ3n) is 5.03. The van der Waals surface area contributed by atoms with Crippen molar-refractivity contribution in [2.75, 3.05) is 24.5 Å². The van der Waals surface area contributed by atoms with Gasteiger partial charge in [0.1, 0.15) is 0 Å². The highest BCUT2D eigenvalue weighted by Crippen LogP contribution is 2.31. The minimum Gasteiger partial charge on any atom is -0.481 e. The van der Waals surface area contributed by atoms with Crippen LogP contribution in [-0.2, 0) is 9.59 Å². The highest BCUT2D eigenvalue weighted by molar-refractivity contribution is 5.97. The first kappa shape index (κ1) is 16.5. The van der Waals surface area contributed by atoms with Gasteiger partial charge in [-0.2, -0.15) is 0 Å². The molecule has 2 aliphatic rings. The molecular weight excluding hydrogens is 308 g/mol. The van der Waals surface area contributed by atoms with Gasteiger partial charge in [0.2, 0.25) is 5.91 Å². The van der Waals surface area contributed by atoms with Crippen LogP contribution in [0, 0.1) is 5.41 Å². The van der Waals surface area contributed by atoms with E-state index in [-0.39, 0.29) is 18.4 Å². The largest absolute Gasteiger partial charge is 0.481 e. The lowest BCUT2D eigenvalue weighted by atomic mass is 9.90. The summed E-state index contributed by atoms with van der Waals surface area (Å²) in [6.07, 6.45) is 2.97. The number of hydrogen-bond donors (Lipinski definition) is 1. The van der Waals surface area contributed by atoms with Crippen LogP contribution in [0.25, 0.3) is 0 Å². The maximum atomic E-state index is 12.6. The number of carboxylic acids is 1. The highest BCUT2D eigenvalue weighted by atomic mass is 16.4. The van der Waals surface area contributed by atoms with Crippen LogP contribution < -0.4 is 4.90 Å². The van der Waals surface area contributed by atoms with Crippen LogP contribution in [-0.4, -0.2) is 47.4 Å². The summed E-state index contributed by atoms with van der Waals surface area (Å²) in [7, 11) is 0. The van der Waals surface area contributed by atoms with Crippen molar-refractivity contribution in [2.24, 2.45) is 5.41 Å². The van der Waals surface area contributed by atoms with Crippen molar-refractivity contribution in [3.63, 3.8) is 0 Å². The molecule has 2 fully saturated rings. The quantitative estimate of drug-likeness (QED) is 0.921. The Hall–Kier alpha value is -2.37. The Kier molecular flexibility index (Phi) is 4.30. The normalized spacial score (nSPS) is 24.3. The van der Waals surface area contributed by atoms with Crippen molar-refractivity contribution in [3.8, 4) is 0 Å². The molecule has 2 aliphatic heterocycles. The van der Waals surface area contributed by atoms with E-state index in [9.17, 15) is 19.5 Å². The first-order chi connectivity index (χ1) is 11.4. The van der Waals surface area contributed by atoms with Crippen LogP contribution in [0.4, 0.5) is 5.69 Å². The third kappa shape index (κ3) is 3.00. The highest BCUT2D eigenvalue weighted by Gasteiger charge is 2.42. The monoisotopic (exact) mass is 330 g/mol. The predicted octanol–water partition coefficient (Wildman–Crippen LogP) is 2.14. The van der Waals surface area contributed by atoms with Crippen LogP contribution in [0.15, 0.2) is 24.3 Å². The number of aliphatic carboxylic acids is 1. The molecule has 2 amide bonds. The number of carboxylic acid groups (broad SMARTS) is 1. The molecule has 2 saturated heterocycles. The van der Waals surface area contributed by atoms with Gasteiger partial charge in [0, 0.05) is 37.3 Å². The number of nitrogens with zero attached hydrogens (tertiary/aromatic N) is 2. The molecule has 1 aromatic carbocycles. The van der Waals surface area contributed by atoms with Crippen molar-refractivity contribution >= 4 is 23.5 Å². The lowest BCUT2D eigenvalue weighted by Crippen LogP contribution is -2.35. The van der Waals surface area contributed by atoms with Gasteiger partial charge in [0.15, 0.2) is 0 Å². The number of benzene rings is 1. The summed E-state index contributed by atoms with van der Waals surface area (Å²) in [4.78, 5) is 39.2. The zero-order valence-corrected chi connectivity index (χ0v) is 13.8. The Bertz CT molecular complexity index is 670. The zero-order chi connectivity index (χ0) is 17.3. The SMILES string of the molecule is CC1(C(=O)O)CCN(C(=O)c2ccc(N3CCCCC3=O)cc2)C1. The van der Waals surface area contributed by atoms with Gasteiger partial charge in [-0.15, -0.1) is 0 Å². The minimum absolute atomic E-state index is 0.122. The topological polar surface area (TPSA) is 77.9 Å². The van der Waals surface area contributed by atoms with E-state index in [1.165, 1.54) is 0 Å². The van der Waals surface area contributed by atoms with Gasteiger partial charge in [-0.1, -0.05) is 0 Å². The molecule has 1 N–H and O–H groups in total. The molecule has 0 spiro atoms. The van der Waals surface area contributed by atoms with E-state index in [4.69, 9.17) is 0 Å². The molecule has 0 saturated carbocycles. The second-order valence-electron chi connectivity index (χ2n) is 6.89. The summed E-state index contributed by atoms with van der Waals surface area (Å²) in [5.74, 6) is -0.898. The van der Waals surface area contributed by atoms with Gasteiger partial charge in [-0.25, -0.2) is 0 Å². The van der Waals surface area contributed by atoms with Crippen LogP contribution in [0.2, 0.25) is 0 Å². The number of anilines is 1. The Morgan fingerprint density at radius 3 is 2.42 bits per heavy atom. The summed E-state index contributed by atoms with van der Waals surface area (Å²) in [6, 6.07) is 7.03. The molecule has 1 atom stereocenters. The predicted molar refractivity (Wildman–Crippen MR) is 88.9 cm³/mol. The smallest absolute Gasteiger partial charge is 0.311 e. The molecule has 0 aromatic heterocycles. The maximum absolute atomic E-state index is 12.6. The van der Waals surface area contributed by atoms with Gasteiger partial charge >= 0.3 is 5.97 Å². The molecular formula is C18H22N2O4. The van der Waals surface area contributed by atoms with Crippen LogP contribution in [0.3, 0.4) is 0 Å². The number of carbonyl (C=O) groups is 3. The molecule has 6 nitrogen and oxygen atoms in total. The van der Waals surface area contributed by atoms with Crippen molar-refractivity contribution in [3.05, 3.63) is 29.8 Å². The molecule has 1 aromatic rings. The van der Waals surface area contributed by atoms with Crippen molar-refractivity contribution in [1.29, 1.82) is 0 Å². The van der Waals surface area contributed by atoms with Gasteiger partial charge in [0.25, 0.3) is 5.91 Å². The fourth-order valence-electron chi connectivity index (χ4n) is 3.35. The molecule has 3 rings (SSSR count). The Balaban J connectivity index is 1.71. The van der Waals surface area contributed by atoms with Crippen LogP contribution in [0.5, 0.6) is 0 Å². The van der Waals surface area contributed by atoms with E-state index in [1.54, 1.807) is 41.0 Å². The van der Waals surface area contributed by atoms with Gasteiger partial charge in [-0.3, -0.25) is 14.4 Å². The molecule has 2 heterocycles. The molecule has 24 heavy (non-hydrogen) atoms. The van der Waals surface area contributed by atoms with Crippen LogP contribution >= 0.6 is 0 Å². The summed E-state index contributed by atoms with van der Waals surface area (Å²) in [6.45, 7) is 3.07. The number of carbonyl (C=O) groups excluding carboxylic acids is 2. The lowest BCUT2D eigenvalue weighted by molar-refractivity contribution is -0.147.